The number of ketones is 1. The number of benzene rings is 1. The summed E-state index contributed by atoms with van der Waals surface area (Å²) in [7, 11) is 0. The zero-order valence-corrected chi connectivity index (χ0v) is 14.4. The van der Waals surface area contributed by atoms with E-state index in [2.05, 4.69) is 5.10 Å². The first-order valence-electron chi connectivity index (χ1n) is 8.53. The number of hydrazone groups is 1. The third kappa shape index (κ3) is 3.46. The molecule has 1 aromatic carbocycles. The van der Waals surface area contributed by atoms with Crippen LogP contribution in [-0.2, 0) is 9.59 Å². The van der Waals surface area contributed by atoms with Gasteiger partial charge in [-0.2, -0.15) is 5.10 Å². The molecule has 6 nitrogen and oxygen atoms in total. The molecule has 2 aliphatic rings. The lowest BCUT2D eigenvalue weighted by Crippen LogP contribution is -2.52. The summed E-state index contributed by atoms with van der Waals surface area (Å²) in [4.78, 5) is 26.0. The summed E-state index contributed by atoms with van der Waals surface area (Å²) >= 11 is 0. The molecule has 0 bridgehead atoms. The number of carbonyl (C=O) groups excluding carboxylic acids is 2. The van der Waals surface area contributed by atoms with E-state index < -0.39 is 36.8 Å². The molecule has 0 aromatic heterocycles. The Labute approximate surface area is 150 Å². The van der Waals surface area contributed by atoms with Crippen LogP contribution in [0.25, 0.3) is 0 Å². The standard InChI is InChI=1S/C18H21F2N3O3/c1-12(25)16-9-15(21-23(16)14-5-3-2-4-6-14)17(26)22-8-7-18(19,20)13(10-22)11-24/h2-6,13,16,24H,7-11H2,1H3/t13-,16+/m0/s1. The molecule has 2 atom stereocenters. The van der Waals surface area contributed by atoms with E-state index in [9.17, 15) is 23.5 Å². The highest BCUT2D eigenvalue weighted by Gasteiger charge is 2.46. The number of amides is 1. The number of nitrogens with zero attached hydrogens (tertiary/aromatic N) is 3. The maximum absolute atomic E-state index is 13.8. The molecular weight excluding hydrogens is 344 g/mol. The van der Waals surface area contributed by atoms with E-state index in [0.717, 1.165) is 0 Å². The second-order valence-corrected chi connectivity index (χ2v) is 6.70. The lowest BCUT2D eigenvalue weighted by atomic mass is 9.93. The predicted octanol–water partition coefficient (Wildman–Crippen LogP) is 1.69. The number of anilines is 1. The number of aliphatic hydroxyl groups excluding tert-OH is 1. The lowest BCUT2D eigenvalue weighted by Gasteiger charge is -2.37. The number of halogens is 2. The van der Waals surface area contributed by atoms with Crippen molar-refractivity contribution in [2.24, 2.45) is 11.0 Å². The van der Waals surface area contributed by atoms with Gasteiger partial charge in [0, 0.05) is 25.9 Å². The highest BCUT2D eigenvalue weighted by atomic mass is 19.3. The lowest BCUT2D eigenvalue weighted by molar-refractivity contribution is -0.143. The van der Waals surface area contributed by atoms with Crippen molar-refractivity contribution in [2.45, 2.75) is 31.7 Å². The summed E-state index contributed by atoms with van der Waals surface area (Å²) in [6, 6.07) is 8.44. The van der Waals surface area contributed by atoms with Crippen LogP contribution in [0.4, 0.5) is 14.5 Å². The number of Topliss-reactive ketones (excluding diaryl/α,β-unsaturated/α-hetero) is 1. The first kappa shape index (κ1) is 18.4. The summed E-state index contributed by atoms with van der Waals surface area (Å²) in [6.45, 7) is 0.428. The van der Waals surface area contributed by atoms with Crippen LogP contribution in [0.5, 0.6) is 0 Å². The zero-order chi connectivity index (χ0) is 18.9. The van der Waals surface area contributed by atoms with E-state index in [1.165, 1.54) is 16.8 Å². The third-order valence-corrected chi connectivity index (χ3v) is 4.91. The number of rotatable bonds is 4. The van der Waals surface area contributed by atoms with Gasteiger partial charge in [-0.25, -0.2) is 8.78 Å². The Morgan fingerprint density at radius 3 is 2.62 bits per heavy atom. The Morgan fingerprint density at radius 2 is 2.00 bits per heavy atom. The normalized spacial score (nSPS) is 25.2. The first-order chi connectivity index (χ1) is 12.3. The molecule has 26 heavy (non-hydrogen) atoms. The molecule has 0 unspecified atom stereocenters. The number of hydrogen-bond donors (Lipinski definition) is 1. The SMILES string of the molecule is CC(=O)[C@H]1CC(C(=O)N2CCC(F)(F)[C@H](CO)C2)=NN1c1ccccc1. The molecule has 0 spiro atoms. The monoisotopic (exact) mass is 365 g/mol. The average molecular weight is 365 g/mol. The molecule has 1 amide bonds. The first-order valence-corrected chi connectivity index (χ1v) is 8.53. The minimum atomic E-state index is -2.99. The molecule has 2 heterocycles. The third-order valence-electron chi connectivity index (χ3n) is 4.91. The van der Waals surface area contributed by atoms with Crippen molar-refractivity contribution in [1.82, 2.24) is 4.90 Å². The second kappa shape index (κ2) is 7.11. The molecule has 2 aliphatic heterocycles. The highest BCUT2D eigenvalue weighted by Crippen LogP contribution is 2.34. The Kier molecular flexibility index (Phi) is 5.04. The Morgan fingerprint density at radius 1 is 1.31 bits per heavy atom. The van der Waals surface area contributed by atoms with Gasteiger partial charge < -0.3 is 10.0 Å². The minimum absolute atomic E-state index is 0.0998. The topological polar surface area (TPSA) is 73.2 Å². The van der Waals surface area contributed by atoms with Gasteiger partial charge in [0.1, 0.15) is 11.8 Å². The van der Waals surface area contributed by atoms with Crippen LogP contribution < -0.4 is 5.01 Å². The van der Waals surface area contributed by atoms with E-state index in [1.807, 2.05) is 6.07 Å². The van der Waals surface area contributed by atoms with Gasteiger partial charge in [-0.05, 0) is 19.1 Å². The van der Waals surface area contributed by atoms with Crippen LogP contribution in [0.3, 0.4) is 0 Å². The fourth-order valence-electron chi connectivity index (χ4n) is 3.31. The summed E-state index contributed by atoms with van der Waals surface area (Å²) < 4.78 is 27.5. The summed E-state index contributed by atoms with van der Waals surface area (Å²) in [5, 5.41) is 15.0. The van der Waals surface area contributed by atoms with E-state index in [4.69, 9.17) is 0 Å². The van der Waals surface area contributed by atoms with Gasteiger partial charge in [0.2, 0.25) is 0 Å². The van der Waals surface area contributed by atoms with Crippen molar-refractivity contribution < 1.29 is 23.5 Å². The van der Waals surface area contributed by atoms with Gasteiger partial charge in [-0.3, -0.25) is 14.6 Å². The van der Waals surface area contributed by atoms with Crippen LogP contribution >= 0.6 is 0 Å². The van der Waals surface area contributed by atoms with Gasteiger partial charge in [-0.15, -0.1) is 0 Å². The Balaban J connectivity index is 1.80. The van der Waals surface area contributed by atoms with Crippen molar-refractivity contribution in [3.63, 3.8) is 0 Å². The minimum Gasteiger partial charge on any atom is -0.396 e. The van der Waals surface area contributed by atoms with Crippen molar-refractivity contribution in [2.75, 3.05) is 24.7 Å². The number of para-hydroxylation sites is 1. The number of likely N-dealkylation sites (tertiary alicyclic amines) is 1. The number of piperidine rings is 1. The van der Waals surface area contributed by atoms with E-state index >= 15 is 0 Å². The fraction of sp³-hybridized carbons (Fsp3) is 0.500. The van der Waals surface area contributed by atoms with E-state index in [1.54, 1.807) is 24.3 Å². The maximum atomic E-state index is 13.8. The van der Waals surface area contributed by atoms with E-state index in [-0.39, 0.29) is 31.0 Å². The summed E-state index contributed by atoms with van der Waals surface area (Å²) in [5.74, 6) is -4.85. The second-order valence-electron chi connectivity index (χ2n) is 6.70. The van der Waals surface area contributed by atoms with Crippen LogP contribution in [0, 0.1) is 5.92 Å². The molecule has 8 heteroatoms. The van der Waals surface area contributed by atoms with Crippen molar-refractivity contribution >= 4 is 23.1 Å². The largest absolute Gasteiger partial charge is 0.396 e. The summed E-state index contributed by atoms with van der Waals surface area (Å²) in [5.41, 5.74) is 0.866. The number of carbonyl (C=O) groups is 2. The van der Waals surface area contributed by atoms with Crippen molar-refractivity contribution in [3.8, 4) is 0 Å². The Hall–Kier alpha value is -2.35. The number of alkyl halides is 2. The predicted molar refractivity (Wildman–Crippen MR) is 92.2 cm³/mol. The van der Waals surface area contributed by atoms with Gasteiger partial charge in [0.05, 0.1) is 18.2 Å². The van der Waals surface area contributed by atoms with Gasteiger partial charge in [0.15, 0.2) is 5.78 Å². The molecule has 1 saturated heterocycles. The smallest absolute Gasteiger partial charge is 0.270 e. The quantitative estimate of drug-likeness (QED) is 0.881. The number of hydrogen-bond acceptors (Lipinski definition) is 5. The van der Waals surface area contributed by atoms with Crippen LogP contribution in [0.1, 0.15) is 19.8 Å². The van der Waals surface area contributed by atoms with Crippen molar-refractivity contribution in [1.29, 1.82) is 0 Å². The fourth-order valence-corrected chi connectivity index (χ4v) is 3.31. The van der Waals surface area contributed by atoms with Gasteiger partial charge >= 0.3 is 0 Å². The molecule has 3 rings (SSSR count). The Bertz CT molecular complexity index is 724. The molecular formula is C18H21F2N3O3. The highest BCUT2D eigenvalue weighted by molar-refractivity contribution is 6.40. The molecule has 0 radical (unpaired) electrons. The van der Waals surface area contributed by atoms with Crippen LogP contribution in [-0.4, -0.2) is 59.1 Å². The van der Waals surface area contributed by atoms with Crippen LogP contribution in [0.15, 0.2) is 35.4 Å². The van der Waals surface area contributed by atoms with Crippen LogP contribution in [0.2, 0.25) is 0 Å². The van der Waals surface area contributed by atoms with E-state index in [0.29, 0.717) is 5.69 Å². The van der Waals surface area contributed by atoms with Crippen molar-refractivity contribution in [3.05, 3.63) is 30.3 Å². The molecule has 0 aliphatic carbocycles. The zero-order valence-electron chi connectivity index (χ0n) is 14.4. The average Bonchev–Trinajstić information content (AvgIpc) is 3.07. The number of aliphatic hydroxyl groups is 1. The molecule has 1 N–H and O–H groups in total. The summed E-state index contributed by atoms with van der Waals surface area (Å²) in [6.07, 6.45) is -0.352. The van der Waals surface area contributed by atoms with Gasteiger partial charge in [0.25, 0.3) is 11.8 Å². The van der Waals surface area contributed by atoms with Gasteiger partial charge in [-0.1, -0.05) is 18.2 Å². The molecule has 0 saturated carbocycles. The maximum Gasteiger partial charge on any atom is 0.270 e. The molecule has 1 fully saturated rings. The molecule has 1 aromatic rings. The molecule has 140 valence electrons.